The number of likely N-dealkylation sites (tertiary alicyclic amines) is 1. The minimum atomic E-state index is -0.878. The summed E-state index contributed by atoms with van der Waals surface area (Å²) in [5, 5.41) is 19.9. The number of aromatic hydroxyl groups is 1. The molecule has 0 spiro atoms. The second-order valence-electron chi connectivity index (χ2n) is 10.7. The molecule has 1 heterocycles. The van der Waals surface area contributed by atoms with Crippen LogP contribution >= 0.6 is 0 Å². The van der Waals surface area contributed by atoms with Gasteiger partial charge in [-0.25, -0.2) is 0 Å². The van der Waals surface area contributed by atoms with Crippen LogP contribution in [0.3, 0.4) is 0 Å². The van der Waals surface area contributed by atoms with Crippen LogP contribution in [-0.4, -0.2) is 58.1 Å². The van der Waals surface area contributed by atoms with Gasteiger partial charge in [-0.1, -0.05) is 30.2 Å². The SMILES string of the molecule is COc1cccc(C2C3=CCC4C(=O)N(CCCCCC(=O)O)C(=O)C4C3CC3=C2C(=O)C(C)=CC3=O)c1O. The van der Waals surface area contributed by atoms with Crippen molar-refractivity contribution in [2.45, 2.75) is 51.4 Å². The second-order valence-corrected chi connectivity index (χ2v) is 10.7. The van der Waals surface area contributed by atoms with E-state index in [2.05, 4.69) is 0 Å². The van der Waals surface area contributed by atoms with Crippen LogP contribution in [0.25, 0.3) is 0 Å². The van der Waals surface area contributed by atoms with Gasteiger partial charge in [-0.3, -0.25) is 28.9 Å². The number of phenols is 1. The van der Waals surface area contributed by atoms with Crippen molar-refractivity contribution < 1.29 is 38.9 Å². The van der Waals surface area contributed by atoms with E-state index in [0.717, 1.165) is 5.57 Å². The molecule has 0 radical (unpaired) electrons. The molecular formula is C30H31NO8. The Kier molecular flexibility index (Phi) is 7.01. The molecule has 0 bridgehead atoms. The number of carboxylic acid groups (broad SMARTS) is 1. The number of ketones is 2. The first-order valence-electron chi connectivity index (χ1n) is 13.3. The lowest BCUT2D eigenvalue weighted by molar-refractivity contribution is -0.141. The van der Waals surface area contributed by atoms with Crippen LogP contribution in [0.4, 0.5) is 0 Å². The van der Waals surface area contributed by atoms with Crippen LogP contribution in [-0.2, 0) is 24.0 Å². The Bertz CT molecular complexity index is 1380. The Morgan fingerprint density at radius 1 is 1.08 bits per heavy atom. The minimum absolute atomic E-state index is 0.0408. The molecule has 1 aliphatic heterocycles. The molecule has 1 aromatic carbocycles. The standard InChI is InChI=1S/C30H31NO8/c1-15-13-21(32)20-14-19-16(24(26(20)27(15)35)17-7-6-8-22(39-2)28(17)36)10-11-18-25(19)30(38)31(29(18)37)12-5-3-4-9-23(33)34/h6-8,10,13,18-19,24-25,36H,3-5,9,11-12,14H2,1-2H3,(H,33,34). The fraction of sp³-hybridized carbons (Fsp3) is 0.433. The number of carbonyl (C=O) groups is 5. The Labute approximate surface area is 225 Å². The molecule has 3 aliphatic carbocycles. The molecule has 2 amide bonds. The number of unbranched alkanes of at least 4 members (excludes halogenated alkanes) is 2. The van der Waals surface area contributed by atoms with E-state index in [1.54, 1.807) is 25.1 Å². The summed E-state index contributed by atoms with van der Waals surface area (Å²) in [5.74, 6) is -4.33. The molecule has 4 aliphatic rings. The van der Waals surface area contributed by atoms with Crippen LogP contribution in [0, 0.1) is 17.8 Å². The first-order chi connectivity index (χ1) is 18.6. The van der Waals surface area contributed by atoms with Gasteiger partial charge in [0.05, 0.1) is 18.9 Å². The lowest BCUT2D eigenvalue weighted by Gasteiger charge is -2.42. The summed E-state index contributed by atoms with van der Waals surface area (Å²) in [4.78, 5) is 65.7. The van der Waals surface area contributed by atoms with E-state index in [4.69, 9.17) is 9.84 Å². The second kappa shape index (κ2) is 10.3. The summed E-state index contributed by atoms with van der Waals surface area (Å²) in [6, 6.07) is 5.00. The number of hydrogen-bond acceptors (Lipinski definition) is 7. The Balaban J connectivity index is 1.52. The van der Waals surface area contributed by atoms with Crippen LogP contribution in [0.15, 0.2) is 52.6 Å². The molecule has 1 fully saturated rings. The number of fused-ring (bicyclic) bond motifs is 3. The molecule has 0 aromatic heterocycles. The average molecular weight is 534 g/mol. The number of hydrogen-bond donors (Lipinski definition) is 2. The van der Waals surface area contributed by atoms with Crippen molar-refractivity contribution in [3.63, 3.8) is 0 Å². The van der Waals surface area contributed by atoms with E-state index in [1.807, 2.05) is 6.08 Å². The van der Waals surface area contributed by atoms with Gasteiger partial charge in [-0.2, -0.15) is 0 Å². The van der Waals surface area contributed by atoms with E-state index in [-0.39, 0.29) is 54.3 Å². The van der Waals surface area contributed by atoms with E-state index < -0.39 is 29.6 Å². The normalized spacial score (nSPS) is 26.2. The first kappa shape index (κ1) is 26.6. The molecular weight excluding hydrogens is 502 g/mol. The third-order valence-corrected chi connectivity index (χ3v) is 8.49. The number of allylic oxidation sites excluding steroid dienone is 6. The van der Waals surface area contributed by atoms with Gasteiger partial charge in [0.1, 0.15) is 0 Å². The number of para-hydroxylation sites is 1. The van der Waals surface area contributed by atoms with Crippen LogP contribution in [0.1, 0.15) is 56.9 Å². The van der Waals surface area contributed by atoms with Crippen molar-refractivity contribution in [3.8, 4) is 11.5 Å². The van der Waals surface area contributed by atoms with Crippen LogP contribution < -0.4 is 4.74 Å². The number of ether oxygens (including phenoxy) is 1. The van der Waals surface area contributed by atoms with Crippen molar-refractivity contribution >= 4 is 29.4 Å². The highest BCUT2D eigenvalue weighted by Crippen LogP contribution is 2.56. The zero-order valence-electron chi connectivity index (χ0n) is 21.9. The maximum atomic E-state index is 13.7. The number of imide groups is 1. The number of aliphatic carboxylic acids is 1. The number of rotatable bonds is 8. The van der Waals surface area contributed by atoms with Crippen molar-refractivity contribution in [2.24, 2.45) is 17.8 Å². The minimum Gasteiger partial charge on any atom is -0.504 e. The number of benzene rings is 1. The molecule has 5 rings (SSSR count). The first-order valence-corrected chi connectivity index (χ1v) is 13.3. The van der Waals surface area contributed by atoms with E-state index >= 15 is 0 Å². The highest BCUT2D eigenvalue weighted by molar-refractivity contribution is 6.24. The highest BCUT2D eigenvalue weighted by Gasteiger charge is 2.56. The van der Waals surface area contributed by atoms with Gasteiger partial charge in [0.15, 0.2) is 23.1 Å². The zero-order chi connectivity index (χ0) is 28.0. The van der Waals surface area contributed by atoms with Crippen molar-refractivity contribution in [1.29, 1.82) is 0 Å². The highest BCUT2D eigenvalue weighted by atomic mass is 16.5. The quantitative estimate of drug-likeness (QED) is 0.224. The van der Waals surface area contributed by atoms with Gasteiger partial charge in [-0.05, 0) is 50.7 Å². The summed E-state index contributed by atoms with van der Waals surface area (Å²) in [7, 11) is 1.43. The third kappa shape index (κ3) is 4.39. The lowest BCUT2D eigenvalue weighted by Crippen LogP contribution is -2.40. The smallest absolute Gasteiger partial charge is 0.303 e. The number of amides is 2. The zero-order valence-corrected chi connectivity index (χ0v) is 21.9. The summed E-state index contributed by atoms with van der Waals surface area (Å²) >= 11 is 0. The topological polar surface area (TPSA) is 138 Å². The van der Waals surface area contributed by atoms with Crippen LogP contribution in [0.5, 0.6) is 11.5 Å². The van der Waals surface area contributed by atoms with E-state index in [9.17, 15) is 29.1 Å². The Morgan fingerprint density at radius 3 is 2.56 bits per heavy atom. The molecule has 4 unspecified atom stereocenters. The summed E-state index contributed by atoms with van der Waals surface area (Å²) in [6.45, 7) is 1.82. The Hall–Kier alpha value is -4.01. The summed E-state index contributed by atoms with van der Waals surface area (Å²) in [6.07, 6.45) is 5.33. The van der Waals surface area contributed by atoms with Gasteiger partial charge in [0.25, 0.3) is 0 Å². The van der Waals surface area contributed by atoms with Gasteiger partial charge in [0, 0.05) is 41.2 Å². The van der Waals surface area contributed by atoms with E-state index in [1.165, 1.54) is 18.1 Å². The maximum Gasteiger partial charge on any atom is 0.303 e. The number of carbonyl (C=O) groups excluding carboxylic acids is 4. The Morgan fingerprint density at radius 2 is 1.85 bits per heavy atom. The molecule has 9 heteroatoms. The maximum absolute atomic E-state index is 13.7. The van der Waals surface area contributed by atoms with Crippen molar-refractivity contribution in [2.75, 3.05) is 13.7 Å². The predicted molar refractivity (Wildman–Crippen MR) is 139 cm³/mol. The fourth-order valence-corrected chi connectivity index (χ4v) is 6.66. The molecule has 39 heavy (non-hydrogen) atoms. The molecule has 1 saturated heterocycles. The van der Waals surface area contributed by atoms with Gasteiger partial charge >= 0.3 is 5.97 Å². The van der Waals surface area contributed by atoms with Gasteiger partial charge < -0.3 is 14.9 Å². The molecule has 4 atom stereocenters. The fourth-order valence-electron chi connectivity index (χ4n) is 6.66. The van der Waals surface area contributed by atoms with Gasteiger partial charge in [0.2, 0.25) is 11.8 Å². The van der Waals surface area contributed by atoms with Crippen LogP contribution in [0.2, 0.25) is 0 Å². The molecule has 2 N–H and O–H groups in total. The molecule has 1 aromatic rings. The van der Waals surface area contributed by atoms with Gasteiger partial charge in [-0.15, -0.1) is 0 Å². The monoisotopic (exact) mass is 533 g/mol. The molecule has 204 valence electrons. The summed E-state index contributed by atoms with van der Waals surface area (Å²) < 4.78 is 5.31. The predicted octanol–water partition coefficient (Wildman–Crippen LogP) is 3.48. The van der Waals surface area contributed by atoms with Crippen molar-refractivity contribution in [1.82, 2.24) is 4.90 Å². The third-order valence-electron chi connectivity index (χ3n) is 8.49. The number of carboxylic acids is 1. The molecule has 0 saturated carbocycles. The van der Waals surface area contributed by atoms with Crippen molar-refractivity contribution in [3.05, 3.63) is 58.2 Å². The number of nitrogens with zero attached hydrogens (tertiary/aromatic N) is 1. The number of phenolic OH excluding ortho intramolecular Hbond substituents is 1. The number of methoxy groups -OCH3 is 1. The lowest BCUT2D eigenvalue weighted by atomic mass is 9.59. The summed E-state index contributed by atoms with van der Waals surface area (Å²) in [5.41, 5.74) is 2.14. The molecule has 9 nitrogen and oxygen atoms in total. The average Bonchev–Trinajstić information content (AvgIpc) is 3.15. The largest absolute Gasteiger partial charge is 0.504 e. The number of Topliss-reactive ketones (excluding diaryl/α,β-unsaturated/α-hetero) is 1. The van der Waals surface area contributed by atoms with E-state index in [0.29, 0.717) is 48.0 Å².